The van der Waals surface area contributed by atoms with Crippen LogP contribution in [0.5, 0.6) is 0 Å². The van der Waals surface area contributed by atoms with Gasteiger partial charge in [-0.15, -0.1) is 0 Å². The highest BCUT2D eigenvalue weighted by molar-refractivity contribution is 7.89. The second-order valence-corrected chi connectivity index (χ2v) is 7.42. The highest BCUT2D eigenvalue weighted by atomic mass is 32.2. The second-order valence-electron chi connectivity index (χ2n) is 5.68. The number of pyridine rings is 1. The molecule has 6 nitrogen and oxygen atoms in total. The molecule has 2 N–H and O–H groups in total. The first kappa shape index (κ1) is 18.1. The lowest BCUT2D eigenvalue weighted by molar-refractivity contribution is -0.116. The summed E-state index contributed by atoms with van der Waals surface area (Å²) in [4.78, 5) is 16.2. The maximum atomic E-state index is 12.3. The minimum absolute atomic E-state index is 0.0212. The molecule has 1 amide bonds. The van der Waals surface area contributed by atoms with Crippen LogP contribution in [0.3, 0.4) is 0 Å². The van der Waals surface area contributed by atoms with Crippen LogP contribution in [0.2, 0.25) is 0 Å². The number of amides is 1. The molecule has 128 valence electrons. The van der Waals surface area contributed by atoms with E-state index in [1.807, 2.05) is 26.0 Å². The van der Waals surface area contributed by atoms with E-state index in [0.717, 1.165) is 11.1 Å². The summed E-state index contributed by atoms with van der Waals surface area (Å²) >= 11 is 0. The van der Waals surface area contributed by atoms with Crippen LogP contribution >= 0.6 is 0 Å². The molecule has 0 unspecified atom stereocenters. The van der Waals surface area contributed by atoms with E-state index < -0.39 is 10.0 Å². The average molecular weight is 347 g/mol. The second kappa shape index (κ2) is 7.55. The third kappa shape index (κ3) is 4.87. The van der Waals surface area contributed by atoms with Crippen LogP contribution in [0.4, 0.5) is 5.82 Å². The minimum Gasteiger partial charge on any atom is -0.311 e. The summed E-state index contributed by atoms with van der Waals surface area (Å²) in [5.41, 5.74) is 2.52. The van der Waals surface area contributed by atoms with E-state index in [-0.39, 0.29) is 23.8 Å². The van der Waals surface area contributed by atoms with Crippen LogP contribution in [-0.2, 0) is 14.8 Å². The molecule has 0 aliphatic rings. The first-order chi connectivity index (χ1) is 11.3. The first-order valence-electron chi connectivity index (χ1n) is 7.57. The van der Waals surface area contributed by atoms with Gasteiger partial charge in [0.1, 0.15) is 5.82 Å². The van der Waals surface area contributed by atoms with Crippen molar-refractivity contribution in [3.05, 3.63) is 53.2 Å². The highest BCUT2D eigenvalue weighted by Gasteiger charge is 2.17. The molecule has 0 saturated carbocycles. The van der Waals surface area contributed by atoms with Crippen LogP contribution in [0.25, 0.3) is 0 Å². The topological polar surface area (TPSA) is 88.2 Å². The molecular formula is C17H21N3O3S. The first-order valence-corrected chi connectivity index (χ1v) is 9.06. The summed E-state index contributed by atoms with van der Waals surface area (Å²) in [5.74, 6) is 0.161. The van der Waals surface area contributed by atoms with Gasteiger partial charge in [0.15, 0.2) is 0 Å². The Morgan fingerprint density at radius 2 is 1.79 bits per heavy atom. The van der Waals surface area contributed by atoms with Crippen molar-refractivity contribution < 1.29 is 13.2 Å². The van der Waals surface area contributed by atoms with Crippen LogP contribution < -0.4 is 10.0 Å². The van der Waals surface area contributed by atoms with E-state index >= 15 is 0 Å². The molecule has 0 aliphatic heterocycles. The maximum Gasteiger partial charge on any atom is 0.240 e. The highest BCUT2D eigenvalue weighted by Crippen LogP contribution is 2.16. The number of rotatable bonds is 6. The molecule has 0 atom stereocenters. The monoisotopic (exact) mass is 347 g/mol. The summed E-state index contributed by atoms with van der Waals surface area (Å²) in [6.07, 6.45) is 1.63. The molecule has 0 bridgehead atoms. The Morgan fingerprint density at radius 1 is 1.08 bits per heavy atom. The van der Waals surface area contributed by atoms with Crippen molar-refractivity contribution in [2.45, 2.75) is 32.1 Å². The molecule has 1 aromatic heterocycles. The number of sulfonamides is 1. The van der Waals surface area contributed by atoms with Gasteiger partial charge < -0.3 is 5.32 Å². The zero-order chi connectivity index (χ0) is 17.7. The van der Waals surface area contributed by atoms with E-state index in [2.05, 4.69) is 15.0 Å². The Hall–Kier alpha value is -2.25. The average Bonchev–Trinajstić information content (AvgIpc) is 2.49. The van der Waals surface area contributed by atoms with E-state index in [4.69, 9.17) is 0 Å². The molecule has 2 aromatic rings. The Bertz CT molecular complexity index is 848. The normalized spacial score (nSPS) is 11.3. The molecular weight excluding hydrogens is 326 g/mol. The largest absolute Gasteiger partial charge is 0.311 e. The number of aryl methyl sites for hydroxylation is 3. The van der Waals surface area contributed by atoms with Crippen LogP contribution in [0.15, 0.2) is 41.4 Å². The van der Waals surface area contributed by atoms with Crippen LogP contribution in [0.1, 0.15) is 23.1 Å². The number of nitrogens with zero attached hydrogens (tertiary/aromatic N) is 1. The van der Waals surface area contributed by atoms with Crippen molar-refractivity contribution in [2.75, 3.05) is 11.9 Å². The van der Waals surface area contributed by atoms with Gasteiger partial charge in [0, 0.05) is 19.2 Å². The Balaban J connectivity index is 1.93. The van der Waals surface area contributed by atoms with E-state index in [9.17, 15) is 13.2 Å². The molecule has 7 heteroatoms. The van der Waals surface area contributed by atoms with Crippen molar-refractivity contribution in [3.63, 3.8) is 0 Å². The zero-order valence-corrected chi connectivity index (χ0v) is 14.8. The van der Waals surface area contributed by atoms with Gasteiger partial charge in [-0.05, 0) is 55.7 Å². The van der Waals surface area contributed by atoms with Crippen molar-refractivity contribution in [1.82, 2.24) is 9.71 Å². The van der Waals surface area contributed by atoms with E-state index in [1.165, 1.54) is 0 Å². The maximum absolute atomic E-state index is 12.3. The summed E-state index contributed by atoms with van der Waals surface area (Å²) in [5, 5.41) is 2.64. The molecule has 2 rings (SSSR count). The van der Waals surface area contributed by atoms with E-state index in [1.54, 1.807) is 31.3 Å². The van der Waals surface area contributed by atoms with Gasteiger partial charge in [0.05, 0.1) is 4.90 Å². The van der Waals surface area contributed by atoms with Gasteiger partial charge in [-0.3, -0.25) is 4.79 Å². The van der Waals surface area contributed by atoms with Gasteiger partial charge in [-0.2, -0.15) is 0 Å². The Morgan fingerprint density at radius 3 is 2.50 bits per heavy atom. The van der Waals surface area contributed by atoms with Crippen LogP contribution in [-0.4, -0.2) is 25.9 Å². The lowest BCUT2D eigenvalue weighted by Gasteiger charge is -2.10. The summed E-state index contributed by atoms with van der Waals surface area (Å²) < 4.78 is 27.1. The third-order valence-electron chi connectivity index (χ3n) is 3.46. The Kier molecular flexibility index (Phi) is 5.69. The smallest absolute Gasteiger partial charge is 0.240 e. The lowest BCUT2D eigenvalue weighted by Crippen LogP contribution is -2.28. The number of hydrogen-bond donors (Lipinski definition) is 2. The summed E-state index contributed by atoms with van der Waals surface area (Å²) in [6.45, 7) is 5.49. The molecule has 0 aliphatic carbocycles. The fourth-order valence-electron chi connectivity index (χ4n) is 2.18. The standard InChI is InChI=1S/C17H21N3O3S/c1-12-4-5-14(3)15(10-12)24(22,23)19-9-7-17(21)20-16-11-13(2)6-8-18-16/h4-6,8,10-11,19H,7,9H2,1-3H3,(H,18,20,21). The number of aromatic nitrogens is 1. The van der Waals surface area contributed by atoms with Crippen molar-refractivity contribution in [3.8, 4) is 0 Å². The number of hydrogen-bond acceptors (Lipinski definition) is 4. The van der Waals surface area contributed by atoms with Crippen molar-refractivity contribution >= 4 is 21.7 Å². The van der Waals surface area contributed by atoms with Crippen molar-refractivity contribution in [1.29, 1.82) is 0 Å². The van der Waals surface area contributed by atoms with Gasteiger partial charge in [0.25, 0.3) is 0 Å². The Labute approximate surface area is 142 Å². The molecule has 0 radical (unpaired) electrons. The number of carbonyl (C=O) groups is 1. The quantitative estimate of drug-likeness (QED) is 0.839. The molecule has 0 saturated heterocycles. The number of benzene rings is 1. The van der Waals surface area contributed by atoms with Crippen LogP contribution in [0, 0.1) is 20.8 Å². The molecule has 0 fully saturated rings. The molecule has 1 heterocycles. The van der Waals surface area contributed by atoms with Gasteiger partial charge in [0.2, 0.25) is 15.9 Å². The molecule has 0 spiro atoms. The van der Waals surface area contributed by atoms with Gasteiger partial charge >= 0.3 is 0 Å². The van der Waals surface area contributed by atoms with E-state index in [0.29, 0.717) is 11.4 Å². The number of nitrogens with one attached hydrogen (secondary N) is 2. The lowest BCUT2D eigenvalue weighted by atomic mass is 10.2. The predicted octanol–water partition coefficient (Wildman–Crippen LogP) is 2.31. The minimum atomic E-state index is -3.63. The third-order valence-corrected chi connectivity index (χ3v) is 5.06. The fourth-order valence-corrected chi connectivity index (χ4v) is 3.54. The molecule has 24 heavy (non-hydrogen) atoms. The summed E-state index contributed by atoms with van der Waals surface area (Å²) in [6, 6.07) is 8.82. The predicted molar refractivity (Wildman–Crippen MR) is 93.3 cm³/mol. The van der Waals surface area contributed by atoms with Gasteiger partial charge in [-0.25, -0.2) is 18.1 Å². The zero-order valence-electron chi connectivity index (χ0n) is 14.0. The molecule has 1 aromatic carbocycles. The summed E-state index contributed by atoms with van der Waals surface area (Å²) in [7, 11) is -3.63. The van der Waals surface area contributed by atoms with Crippen molar-refractivity contribution in [2.24, 2.45) is 0 Å². The fraction of sp³-hybridized carbons (Fsp3) is 0.294. The number of carbonyl (C=O) groups excluding carboxylic acids is 1. The number of anilines is 1. The SMILES string of the molecule is Cc1ccnc(NC(=O)CCNS(=O)(=O)c2cc(C)ccc2C)c1. The van der Waals surface area contributed by atoms with Gasteiger partial charge in [-0.1, -0.05) is 12.1 Å².